The van der Waals surface area contributed by atoms with E-state index in [1.807, 2.05) is 48.5 Å². The summed E-state index contributed by atoms with van der Waals surface area (Å²) in [6.45, 7) is 0. The van der Waals surface area contributed by atoms with Crippen LogP contribution in [-0.2, 0) is 6.42 Å². The number of hydrogen-bond donors (Lipinski definition) is 2. The van der Waals surface area contributed by atoms with E-state index in [1.165, 1.54) is 23.8 Å². The molecular weight excluding hydrogens is 420 g/mol. The Labute approximate surface area is 191 Å². The summed E-state index contributed by atoms with van der Waals surface area (Å²) in [6.07, 6.45) is 6.78. The number of benzene rings is 4. The van der Waals surface area contributed by atoms with Crippen molar-refractivity contribution in [1.29, 1.82) is 0 Å². The lowest BCUT2D eigenvalue weighted by atomic mass is 9.99. The fourth-order valence-corrected chi connectivity index (χ4v) is 3.59. The van der Waals surface area contributed by atoms with Crippen LogP contribution in [0.1, 0.15) is 27.0 Å². The number of carbonyl (C=O) groups excluding carboxylic acids is 1. The number of nitrogens with one attached hydrogen (secondary N) is 1. The van der Waals surface area contributed by atoms with E-state index in [4.69, 9.17) is 11.6 Å². The number of hydrogen-bond acceptors (Lipinski definition) is 3. The molecule has 0 aromatic heterocycles. The molecule has 0 bridgehead atoms. The molecule has 4 nitrogen and oxygen atoms in total. The quantitative estimate of drug-likeness (QED) is 0.276. The van der Waals surface area contributed by atoms with Gasteiger partial charge in [-0.3, -0.25) is 4.79 Å². The van der Waals surface area contributed by atoms with Gasteiger partial charge in [0.25, 0.3) is 5.91 Å². The van der Waals surface area contributed by atoms with Crippen LogP contribution >= 0.6 is 11.6 Å². The maximum absolute atomic E-state index is 12.3. The zero-order valence-electron chi connectivity index (χ0n) is 17.2. The number of aromatic hydroxyl groups is 1. The Bertz CT molecular complexity index is 1310. The van der Waals surface area contributed by atoms with Crippen molar-refractivity contribution in [3.05, 3.63) is 118 Å². The molecular formula is C27H21ClN2O2. The third kappa shape index (κ3) is 5.05. The highest BCUT2D eigenvalue weighted by Gasteiger charge is 2.08. The Kier molecular flexibility index (Phi) is 6.63. The lowest BCUT2D eigenvalue weighted by Gasteiger charge is -2.06. The molecule has 2 N–H and O–H groups in total. The number of phenolic OH excluding ortho intramolecular Hbond substituents is 1. The van der Waals surface area contributed by atoms with Gasteiger partial charge in [0.1, 0.15) is 5.75 Å². The minimum atomic E-state index is -0.409. The van der Waals surface area contributed by atoms with Gasteiger partial charge in [0, 0.05) is 11.1 Å². The molecule has 0 spiro atoms. The minimum Gasteiger partial charge on any atom is -0.506 e. The molecule has 0 saturated carbocycles. The fraction of sp³-hybridized carbons (Fsp3) is 0.0370. The van der Waals surface area contributed by atoms with E-state index in [0.717, 1.165) is 28.3 Å². The molecule has 0 fully saturated rings. The molecule has 0 radical (unpaired) electrons. The van der Waals surface area contributed by atoms with Crippen LogP contribution < -0.4 is 5.43 Å². The summed E-state index contributed by atoms with van der Waals surface area (Å²) in [5, 5.41) is 15.9. The Balaban J connectivity index is 1.51. The smallest absolute Gasteiger partial charge is 0.271 e. The number of allylic oxidation sites excluding steroid dienone is 1. The highest BCUT2D eigenvalue weighted by atomic mass is 35.5. The highest BCUT2D eigenvalue weighted by Crippen LogP contribution is 2.24. The SMILES string of the molecule is O=C(NN=Cc1ccc(C=CCc2ccccc2)c2ccccc12)c1ccc(O)c(Cl)c1. The van der Waals surface area contributed by atoms with E-state index in [1.54, 1.807) is 6.21 Å². The fourth-order valence-electron chi connectivity index (χ4n) is 3.41. The van der Waals surface area contributed by atoms with Gasteiger partial charge in [-0.25, -0.2) is 5.43 Å². The molecule has 0 heterocycles. The maximum Gasteiger partial charge on any atom is 0.271 e. The first-order valence-electron chi connectivity index (χ1n) is 10.2. The van der Waals surface area contributed by atoms with Crippen LogP contribution in [0.5, 0.6) is 5.75 Å². The normalized spacial score (nSPS) is 11.4. The second-order valence-corrected chi connectivity index (χ2v) is 7.65. The van der Waals surface area contributed by atoms with Crippen molar-refractivity contribution < 1.29 is 9.90 Å². The van der Waals surface area contributed by atoms with Crippen LogP contribution in [0.2, 0.25) is 5.02 Å². The first-order valence-corrected chi connectivity index (χ1v) is 10.5. The molecule has 0 atom stereocenters. The Morgan fingerprint density at radius 1 is 0.906 bits per heavy atom. The van der Waals surface area contributed by atoms with Crippen molar-refractivity contribution in [2.24, 2.45) is 5.10 Å². The minimum absolute atomic E-state index is 0.0731. The average molecular weight is 441 g/mol. The number of fused-ring (bicyclic) bond motifs is 1. The molecule has 0 aliphatic rings. The highest BCUT2D eigenvalue weighted by molar-refractivity contribution is 6.32. The van der Waals surface area contributed by atoms with Gasteiger partial charge in [-0.2, -0.15) is 5.10 Å². The van der Waals surface area contributed by atoms with Crippen molar-refractivity contribution in [1.82, 2.24) is 5.43 Å². The van der Waals surface area contributed by atoms with Crippen LogP contribution in [0.25, 0.3) is 16.8 Å². The molecule has 1 amide bonds. The molecule has 0 aliphatic heterocycles. The molecule has 0 aliphatic carbocycles. The van der Waals surface area contributed by atoms with Crippen molar-refractivity contribution in [3.63, 3.8) is 0 Å². The standard InChI is InChI=1S/C27H21ClN2O2/c28-25-17-21(15-16-26(25)31)27(32)30-29-18-22-14-13-20(23-11-4-5-12-24(22)23)10-6-9-19-7-2-1-3-8-19/h1-8,10-18,31H,9H2,(H,30,32). The van der Waals surface area contributed by atoms with Gasteiger partial charge in [-0.1, -0.05) is 90.5 Å². The van der Waals surface area contributed by atoms with Crippen LogP contribution in [-0.4, -0.2) is 17.2 Å². The summed E-state index contributed by atoms with van der Waals surface area (Å²) in [5.41, 5.74) is 6.10. The number of hydrazone groups is 1. The van der Waals surface area contributed by atoms with E-state index in [-0.39, 0.29) is 10.8 Å². The van der Waals surface area contributed by atoms with E-state index in [9.17, 15) is 9.90 Å². The van der Waals surface area contributed by atoms with Gasteiger partial charge in [0.15, 0.2) is 0 Å². The second-order valence-electron chi connectivity index (χ2n) is 7.25. The first kappa shape index (κ1) is 21.3. The molecule has 4 rings (SSSR count). The van der Waals surface area contributed by atoms with E-state index < -0.39 is 5.91 Å². The van der Waals surface area contributed by atoms with Gasteiger partial charge in [0.2, 0.25) is 0 Å². The van der Waals surface area contributed by atoms with Gasteiger partial charge in [0.05, 0.1) is 11.2 Å². The summed E-state index contributed by atoms with van der Waals surface area (Å²) in [6, 6.07) is 26.7. The molecule has 32 heavy (non-hydrogen) atoms. The van der Waals surface area contributed by atoms with Crippen molar-refractivity contribution in [2.75, 3.05) is 0 Å². The molecule has 4 aromatic rings. The molecule has 5 heteroatoms. The predicted molar refractivity (Wildman–Crippen MR) is 131 cm³/mol. The van der Waals surface area contributed by atoms with E-state index >= 15 is 0 Å². The molecule has 0 saturated heterocycles. The van der Waals surface area contributed by atoms with Crippen LogP contribution in [0, 0.1) is 0 Å². The zero-order valence-corrected chi connectivity index (χ0v) is 18.0. The average Bonchev–Trinajstić information content (AvgIpc) is 2.82. The summed E-state index contributed by atoms with van der Waals surface area (Å²) in [7, 11) is 0. The van der Waals surface area contributed by atoms with Gasteiger partial charge < -0.3 is 5.11 Å². The number of carbonyl (C=O) groups is 1. The van der Waals surface area contributed by atoms with Crippen LogP contribution in [0.15, 0.2) is 96.1 Å². The monoisotopic (exact) mass is 440 g/mol. The summed E-state index contributed by atoms with van der Waals surface area (Å²) >= 11 is 5.86. The Morgan fingerprint density at radius 3 is 2.34 bits per heavy atom. The summed E-state index contributed by atoms with van der Waals surface area (Å²) < 4.78 is 0. The third-order valence-electron chi connectivity index (χ3n) is 5.06. The van der Waals surface area contributed by atoms with Gasteiger partial charge in [-0.15, -0.1) is 0 Å². The molecule has 158 valence electrons. The predicted octanol–water partition coefficient (Wildman–Crippen LogP) is 6.22. The van der Waals surface area contributed by atoms with E-state index in [2.05, 4.69) is 40.9 Å². The number of rotatable bonds is 6. The van der Waals surface area contributed by atoms with Crippen LogP contribution in [0.4, 0.5) is 0 Å². The Morgan fingerprint density at radius 2 is 1.59 bits per heavy atom. The largest absolute Gasteiger partial charge is 0.506 e. The lowest BCUT2D eigenvalue weighted by molar-refractivity contribution is 0.0955. The lowest BCUT2D eigenvalue weighted by Crippen LogP contribution is -2.17. The first-order chi connectivity index (χ1) is 15.6. The Hall–Kier alpha value is -3.89. The van der Waals surface area contributed by atoms with Crippen LogP contribution in [0.3, 0.4) is 0 Å². The van der Waals surface area contributed by atoms with Crippen molar-refractivity contribution in [3.8, 4) is 5.75 Å². The topological polar surface area (TPSA) is 61.7 Å². The van der Waals surface area contributed by atoms with Crippen molar-refractivity contribution in [2.45, 2.75) is 6.42 Å². The van der Waals surface area contributed by atoms with E-state index in [0.29, 0.717) is 5.56 Å². The van der Waals surface area contributed by atoms with Gasteiger partial charge in [-0.05, 0) is 46.5 Å². The maximum atomic E-state index is 12.3. The van der Waals surface area contributed by atoms with Gasteiger partial charge >= 0.3 is 0 Å². The zero-order chi connectivity index (χ0) is 22.3. The summed E-state index contributed by atoms with van der Waals surface area (Å²) in [5.74, 6) is -0.482. The number of halogens is 1. The third-order valence-corrected chi connectivity index (χ3v) is 5.37. The second kappa shape index (κ2) is 9.94. The molecule has 0 unspecified atom stereocenters. The van der Waals surface area contributed by atoms with Crippen molar-refractivity contribution >= 4 is 40.6 Å². The molecule has 4 aromatic carbocycles. The number of amides is 1. The number of nitrogens with zero attached hydrogens (tertiary/aromatic N) is 1. The number of phenols is 1. The summed E-state index contributed by atoms with van der Waals surface area (Å²) in [4.78, 5) is 12.3.